The lowest BCUT2D eigenvalue weighted by atomic mass is 10.1. The van der Waals surface area contributed by atoms with Crippen molar-refractivity contribution in [3.05, 3.63) is 35.3 Å². The van der Waals surface area contributed by atoms with Gasteiger partial charge in [0.2, 0.25) is 0 Å². The summed E-state index contributed by atoms with van der Waals surface area (Å²) in [4.78, 5) is 2.99. The number of H-pyrrole nitrogens is 1. The minimum absolute atomic E-state index is 0.0876. The first-order valence-electron chi connectivity index (χ1n) is 4.60. The van der Waals surface area contributed by atoms with Crippen LogP contribution in [-0.4, -0.2) is 16.7 Å². The minimum atomic E-state index is -0.241. The van der Waals surface area contributed by atoms with Crippen LogP contribution in [-0.2, 0) is 6.42 Å². The zero-order valence-electron chi connectivity index (χ0n) is 7.97. The van der Waals surface area contributed by atoms with Crippen molar-refractivity contribution in [1.82, 2.24) is 4.98 Å². The number of aryl methyl sites for hydroxylation is 1. The molecule has 0 spiro atoms. The van der Waals surface area contributed by atoms with Crippen molar-refractivity contribution < 1.29 is 9.50 Å². The predicted octanol–water partition coefficient (Wildman–Crippen LogP) is 2.15. The molecule has 0 aliphatic rings. The molecule has 0 amide bonds. The largest absolute Gasteiger partial charge is 0.396 e. The van der Waals surface area contributed by atoms with Crippen LogP contribution in [0.25, 0.3) is 10.9 Å². The van der Waals surface area contributed by atoms with Crippen molar-refractivity contribution in [1.29, 1.82) is 0 Å². The average Bonchev–Trinajstić information content (AvgIpc) is 2.47. The molecule has 1 aromatic carbocycles. The topological polar surface area (TPSA) is 36.0 Å². The number of rotatable bonds is 2. The molecule has 1 heterocycles. The van der Waals surface area contributed by atoms with Gasteiger partial charge >= 0.3 is 0 Å². The highest BCUT2D eigenvalue weighted by Crippen LogP contribution is 2.24. The van der Waals surface area contributed by atoms with Crippen LogP contribution < -0.4 is 0 Å². The van der Waals surface area contributed by atoms with Gasteiger partial charge in [0.1, 0.15) is 5.82 Å². The maximum Gasteiger partial charge on any atom is 0.147 e. The van der Waals surface area contributed by atoms with E-state index in [4.69, 9.17) is 5.11 Å². The van der Waals surface area contributed by atoms with E-state index in [-0.39, 0.29) is 12.4 Å². The van der Waals surface area contributed by atoms with Crippen molar-refractivity contribution in [2.75, 3.05) is 6.61 Å². The number of aromatic amines is 1. The molecule has 14 heavy (non-hydrogen) atoms. The second-order valence-electron chi connectivity index (χ2n) is 3.36. The first-order valence-corrected chi connectivity index (χ1v) is 4.60. The summed E-state index contributed by atoms with van der Waals surface area (Å²) in [5.74, 6) is -0.241. The van der Waals surface area contributed by atoms with Gasteiger partial charge < -0.3 is 10.1 Å². The summed E-state index contributed by atoms with van der Waals surface area (Å²) >= 11 is 0. The number of para-hydroxylation sites is 1. The number of hydrogen-bond donors (Lipinski definition) is 2. The number of nitrogens with one attached hydrogen (secondary N) is 1. The highest BCUT2D eigenvalue weighted by molar-refractivity contribution is 5.85. The number of aliphatic hydroxyl groups excluding tert-OH is 1. The second-order valence-corrected chi connectivity index (χ2v) is 3.36. The van der Waals surface area contributed by atoms with Crippen LogP contribution in [0.15, 0.2) is 18.2 Å². The average molecular weight is 193 g/mol. The van der Waals surface area contributed by atoms with Crippen LogP contribution in [0.2, 0.25) is 0 Å². The van der Waals surface area contributed by atoms with E-state index in [2.05, 4.69) is 4.98 Å². The zero-order valence-corrected chi connectivity index (χ0v) is 7.97. The molecule has 0 saturated heterocycles. The van der Waals surface area contributed by atoms with Gasteiger partial charge in [-0.2, -0.15) is 0 Å². The third-order valence-electron chi connectivity index (χ3n) is 2.47. The molecule has 2 aromatic rings. The Kier molecular flexibility index (Phi) is 2.25. The van der Waals surface area contributed by atoms with E-state index in [1.807, 2.05) is 13.0 Å². The van der Waals surface area contributed by atoms with Crippen LogP contribution in [0.3, 0.4) is 0 Å². The highest BCUT2D eigenvalue weighted by atomic mass is 19.1. The van der Waals surface area contributed by atoms with Gasteiger partial charge in [0, 0.05) is 17.7 Å². The molecule has 0 aliphatic heterocycles. The molecule has 0 aliphatic carbocycles. The monoisotopic (exact) mass is 193 g/mol. The van der Waals surface area contributed by atoms with Crippen molar-refractivity contribution >= 4 is 10.9 Å². The maximum atomic E-state index is 13.3. The van der Waals surface area contributed by atoms with Gasteiger partial charge in [0.25, 0.3) is 0 Å². The molecule has 1 aromatic heterocycles. The van der Waals surface area contributed by atoms with E-state index in [9.17, 15) is 4.39 Å². The zero-order chi connectivity index (χ0) is 10.1. The normalized spacial score (nSPS) is 11.1. The van der Waals surface area contributed by atoms with Crippen LogP contribution in [0.4, 0.5) is 4.39 Å². The molecule has 0 unspecified atom stereocenters. The molecule has 0 saturated carbocycles. The summed E-state index contributed by atoms with van der Waals surface area (Å²) < 4.78 is 13.3. The smallest absolute Gasteiger partial charge is 0.147 e. The third kappa shape index (κ3) is 1.30. The molecule has 0 fully saturated rings. The predicted molar refractivity (Wildman–Crippen MR) is 53.8 cm³/mol. The number of halogens is 1. The molecular weight excluding hydrogens is 181 g/mol. The lowest BCUT2D eigenvalue weighted by Gasteiger charge is -1.97. The van der Waals surface area contributed by atoms with Gasteiger partial charge in [-0.25, -0.2) is 4.39 Å². The molecule has 3 heteroatoms. The van der Waals surface area contributed by atoms with Gasteiger partial charge in [-0.15, -0.1) is 0 Å². The Morgan fingerprint density at radius 1 is 1.43 bits per heavy atom. The Morgan fingerprint density at radius 3 is 2.93 bits per heavy atom. The van der Waals surface area contributed by atoms with E-state index in [0.717, 1.165) is 16.6 Å². The van der Waals surface area contributed by atoms with Crippen molar-refractivity contribution in [3.8, 4) is 0 Å². The summed E-state index contributed by atoms with van der Waals surface area (Å²) in [6.45, 7) is 1.98. The Morgan fingerprint density at radius 2 is 2.21 bits per heavy atom. The molecule has 74 valence electrons. The summed E-state index contributed by atoms with van der Waals surface area (Å²) in [6, 6.07) is 4.99. The number of aromatic nitrogens is 1. The molecule has 2 N–H and O–H groups in total. The van der Waals surface area contributed by atoms with Crippen molar-refractivity contribution in [2.45, 2.75) is 13.3 Å². The first-order chi connectivity index (χ1) is 6.74. The van der Waals surface area contributed by atoms with Gasteiger partial charge in [-0.05, 0) is 25.0 Å². The third-order valence-corrected chi connectivity index (χ3v) is 2.47. The van der Waals surface area contributed by atoms with E-state index in [0.29, 0.717) is 11.9 Å². The molecular formula is C11H12FNO. The molecule has 2 rings (SSSR count). The van der Waals surface area contributed by atoms with Crippen LogP contribution in [0.1, 0.15) is 11.3 Å². The van der Waals surface area contributed by atoms with E-state index < -0.39 is 0 Å². The minimum Gasteiger partial charge on any atom is -0.396 e. The maximum absolute atomic E-state index is 13.3. The summed E-state index contributed by atoms with van der Waals surface area (Å²) in [7, 11) is 0. The summed E-state index contributed by atoms with van der Waals surface area (Å²) in [5.41, 5.74) is 2.47. The molecule has 0 atom stereocenters. The number of fused-ring (bicyclic) bond motifs is 1. The fourth-order valence-corrected chi connectivity index (χ4v) is 1.80. The lowest BCUT2D eigenvalue weighted by molar-refractivity contribution is 0.300. The summed E-state index contributed by atoms with van der Waals surface area (Å²) in [5, 5.41) is 9.76. The van der Waals surface area contributed by atoms with E-state index >= 15 is 0 Å². The lowest BCUT2D eigenvalue weighted by Crippen LogP contribution is -1.91. The Hall–Kier alpha value is -1.35. The quantitative estimate of drug-likeness (QED) is 0.753. The van der Waals surface area contributed by atoms with Crippen LogP contribution >= 0.6 is 0 Å². The standard InChI is InChI=1S/C11H12FNO/c1-7-8(5-6-14)9-3-2-4-10(12)11(9)13-7/h2-4,13-14H,5-6H2,1H3. The van der Waals surface area contributed by atoms with E-state index in [1.165, 1.54) is 6.07 Å². The number of aliphatic hydroxyl groups is 1. The SMILES string of the molecule is Cc1[nH]c2c(F)cccc2c1CCO. The first kappa shape index (κ1) is 9.21. The Labute approximate surface area is 81.4 Å². The Bertz CT molecular complexity index is 462. The van der Waals surface area contributed by atoms with Gasteiger partial charge in [0.05, 0.1) is 5.52 Å². The van der Waals surface area contributed by atoms with Gasteiger partial charge in [0.15, 0.2) is 0 Å². The van der Waals surface area contributed by atoms with E-state index in [1.54, 1.807) is 6.07 Å². The van der Waals surface area contributed by atoms with Gasteiger partial charge in [-0.1, -0.05) is 12.1 Å². The van der Waals surface area contributed by atoms with Crippen LogP contribution in [0.5, 0.6) is 0 Å². The Balaban J connectivity index is 2.70. The number of hydrogen-bond acceptors (Lipinski definition) is 1. The number of benzene rings is 1. The fourth-order valence-electron chi connectivity index (χ4n) is 1.80. The van der Waals surface area contributed by atoms with Crippen LogP contribution in [0, 0.1) is 12.7 Å². The molecule has 0 bridgehead atoms. The second kappa shape index (κ2) is 3.42. The highest BCUT2D eigenvalue weighted by Gasteiger charge is 2.09. The summed E-state index contributed by atoms with van der Waals surface area (Å²) in [6.07, 6.45) is 0.565. The van der Waals surface area contributed by atoms with Gasteiger partial charge in [-0.3, -0.25) is 0 Å². The molecule has 0 radical (unpaired) electrons. The molecule has 2 nitrogen and oxygen atoms in total. The van der Waals surface area contributed by atoms with Crippen molar-refractivity contribution in [2.24, 2.45) is 0 Å². The van der Waals surface area contributed by atoms with Crippen molar-refractivity contribution in [3.63, 3.8) is 0 Å². The fraction of sp³-hybridized carbons (Fsp3) is 0.273.